The lowest BCUT2D eigenvalue weighted by Crippen LogP contribution is -2.24. The van der Waals surface area contributed by atoms with Gasteiger partial charge in [0.15, 0.2) is 0 Å². The third kappa shape index (κ3) is 4.61. The molecule has 110 valence electrons. The van der Waals surface area contributed by atoms with Crippen LogP contribution in [0.25, 0.3) is 0 Å². The van der Waals surface area contributed by atoms with Crippen molar-refractivity contribution in [1.82, 2.24) is 5.32 Å². The maximum absolute atomic E-state index is 10.6. The number of carbonyl (C=O) groups is 1. The highest BCUT2D eigenvalue weighted by Gasteiger charge is 2.13. The van der Waals surface area contributed by atoms with E-state index in [2.05, 4.69) is 5.32 Å². The Morgan fingerprint density at radius 1 is 1.00 bits per heavy atom. The zero-order valence-corrected chi connectivity index (χ0v) is 11.7. The molecule has 0 saturated carbocycles. The van der Waals surface area contributed by atoms with Crippen LogP contribution in [0.5, 0.6) is 5.75 Å². The zero-order valence-electron chi connectivity index (χ0n) is 11.7. The minimum atomic E-state index is -0.780. The number of hydrogen-bond acceptors (Lipinski definition) is 3. The maximum atomic E-state index is 10.6. The molecule has 0 aliphatic carbocycles. The fourth-order valence-corrected chi connectivity index (χ4v) is 2.23. The van der Waals surface area contributed by atoms with Gasteiger partial charge in [0.2, 0.25) is 0 Å². The van der Waals surface area contributed by atoms with Gasteiger partial charge in [0.25, 0.3) is 0 Å². The number of aromatic hydroxyl groups is 1. The minimum Gasteiger partial charge on any atom is -0.508 e. The van der Waals surface area contributed by atoms with Crippen LogP contribution in [0.15, 0.2) is 54.6 Å². The first-order chi connectivity index (χ1) is 10.2. The monoisotopic (exact) mass is 285 g/mol. The molecule has 0 aliphatic rings. The highest BCUT2D eigenvalue weighted by Crippen LogP contribution is 2.23. The van der Waals surface area contributed by atoms with Crippen molar-refractivity contribution in [1.29, 1.82) is 0 Å². The molecule has 2 rings (SSSR count). The molecule has 0 aliphatic heterocycles. The Balaban J connectivity index is 2.11. The number of aliphatic carboxylic acids is 1. The van der Waals surface area contributed by atoms with Crippen LogP contribution in [0.1, 0.15) is 30.0 Å². The Bertz CT molecular complexity index is 566. The van der Waals surface area contributed by atoms with Crippen molar-refractivity contribution in [3.05, 3.63) is 65.7 Å². The fourth-order valence-electron chi connectivity index (χ4n) is 2.23. The quantitative estimate of drug-likeness (QED) is 0.684. The second-order valence-electron chi connectivity index (χ2n) is 4.89. The summed E-state index contributed by atoms with van der Waals surface area (Å²) in [6.07, 6.45) is 0.737. The van der Waals surface area contributed by atoms with Gasteiger partial charge in [0, 0.05) is 6.42 Å². The predicted octanol–water partition coefficient (Wildman–Crippen LogP) is 2.94. The Hall–Kier alpha value is -2.33. The summed E-state index contributed by atoms with van der Waals surface area (Å²) in [5.74, 6) is -0.547. The topological polar surface area (TPSA) is 69.6 Å². The minimum absolute atomic E-state index is 0.0133. The summed E-state index contributed by atoms with van der Waals surface area (Å²) >= 11 is 0. The van der Waals surface area contributed by atoms with E-state index in [1.807, 2.05) is 42.5 Å². The first kappa shape index (κ1) is 15.1. The maximum Gasteiger partial charge on any atom is 0.303 e. The van der Waals surface area contributed by atoms with Crippen LogP contribution in [0.2, 0.25) is 0 Å². The van der Waals surface area contributed by atoms with Crippen LogP contribution in [-0.4, -0.2) is 22.7 Å². The van der Waals surface area contributed by atoms with Crippen LogP contribution in [0.3, 0.4) is 0 Å². The molecule has 2 aromatic carbocycles. The molecule has 0 heterocycles. The smallest absolute Gasteiger partial charge is 0.303 e. The van der Waals surface area contributed by atoms with E-state index < -0.39 is 5.97 Å². The third-order valence-electron chi connectivity index (χ3n) is 3.28. The van der Waals surface area contributed by atoms with Crippen LogP contribution in [-0.2, 0) is 4.79 Å². The second kappa shape index (κ2) is 7.45. The van der Waals surface area contributed by atoms with Gasteiger partial charge in [-0.25, -0.2) is 0 Å². The van der Waals surface area contributed by atoms with Crippen molar-refractivity contribution in [3.63, 3.8) is 0 Å². The van der Waals surface area contributed by atoms with E-state index in [0.717, 1.165) is 11.1 Å². The average Bonchev–Trinajstić information content (AvgIpc) is 2.49. The molecule has 0 aromatic heterocycles. The molecule has 0 saturated heterocycles. The van der Waals surface area contributed by atoms with Crippen molar-refractivity contribution in [3.8, 4) is 5.75 Å². The third-order valence-corrected chi connectivity index (χ3v) is 3.28. The number of rotatable bonds is 7. The van der Waals surface area contributed by atoms with Gasteiger partial charge in [-0.1, -0.05) is 42.5 Å². The summed E-state index contributed by atoms with van der Waals surface area (Å²) in [5, 5.41) is 21.5. The van der Waals surface area contributed by atoms with Gasteiger partial charge < -0.3 is 15.5 Å². The predicted molar refractivity (Wildman–Crippen MR) is 81.3 cm³/mol. The number of phenols is 1. The van der Waals surface area contributed by atoms with Crippen molar-refractivity contribution in [2.45, 2.75) is 18.9 Å². The van der Waals surface area contributed by atoms with Gasteiger partial charge in [-0.15, -0.1) is 0 Å². The molecule has 1 unspecified atom stereocenters. The Morgan fingerprint density at radius 2 is 1.62 bits per heavy atom. The van der Waals surface area contributed by atoms with Gasteiger partial charge in [-0.05, 0) is 36.2 Å². The van der Waals surface area contributed by atoms with Crippen LogP contribution in [0.4, 0.5) is 0 Å². The summed E-state index contributed by atoms with van der Waals surface area (Å²) in [4.78, 5) is 10.6. The van der Waals surface area contributed by atoms with E-state index in [4.69, 9.17) is 5.11 Å². The molecule has 2 aromatic rings. The lowest BCUT2D eigenvalue weighted by molar-refractivity contribution is -0.137. The second-order valence-corrected chi connectivity index (χ2v) is 4.89. The van der Waals surface area contributed by atoms with E-state index in [0.29, 0.717) is 13.0 Å². The lowest BCUT2D eigenvalue weighted by Gasteiger charge is -2.20. The summed E-state index contributed by atoms with van der Waals surface area (Å²) in [6, 6.07) is 17.0. The number of carboxylic acids is 1. The molecule has 4 heteroatoms. The molecule has 0 radical (unpaired) electrons. The zero-order chi connectivity index (χ0) is 15.1. The number of hydrogen-bond donors (Lipinski definition) is 3. The summed E-state index contributed by atoms with van der Waals surface area (Å²) in [7, 11) is 0. The number of phenolic OH excluding ortho intramolecular Hbond substituents is 1. The van der Waals surface area contributed by atoms with Gasteiger partial charge in [0.05, 0.1) is 6.04 Å². The lowest BCUT2D eigenvalue weighted by atomic mass is 9.98. The first-order valence-corrected chi connectivity index (χ1v) is 6.96. The van der Waals surface area contributed by atoms with Crippen molar-refractivity contribution >= 4 is 5.97 Å². The summed E-state index contributed by atoms with van der Waals surface area (Å²) in [6.45, 7) is 0.618. The SMILES string of the molecule is O=C(O)CCCNC(c1ccccc1)c1ccc(O)cc1. The molecule has 3 N–H and O–H groups in total. The van der Waals surface area contributed by atoms with E-state index in [1.54, 1.807) is 12.1 Å². The largest absolute Gasteiger partial charge is 0.508 e. The number of benzene rings is 2. The van der Waals surface area contributed by atoms with E-state index in [-0.39, 0.29) is 18.2 Å². The van der Waals surface area contributed by atoms with E-state index >= 15 is 0 Å². The summed E-state index contributed by atoms with van der Waals surface area (Å²) < 4.78 is 0. The number of nitrogens with one attached hydrogen (secondary N) is 1. The Labute approximate surface area is 124 Å². The molecular weight excluding hydrogens is 266 g/mol. The molecule has 1 atom stereocenters. The van der Waals surface area contributed by atoms with Gasteiger partial charge in [-0.3, -0.25) is 4.79 Å². The van der Waals surface area contributed by atoms with E-state index in [9.17, 15) is 9.90 Å². The highest BCUT2D eigenvalue weighted by atomic mass is 16.4. The summed E-state index contributed by atoms with van der Waals surface area (Å²) in [5.41, 5.74) is 2.15. The fraction of sp³-hybridized carbons (Fsp3) is 0.235. The Morgan fingerprint density at radius 3 is 2.24 bits per heavy atom. The normalized spacial score (nSPS) is 12.0. The molecular formula is C17H19NO3. The Kier molecular flexibility index (Phi) is 5.35. The molecule has 0 amide bonds. The first-order valence-electron chi connectivity index (χ1n) is 6.96. The number of carboxylic acid groups (broad SMARTS) is 1. The van der Waals surface area contributed by atoms with Gasteiger partial charge >= 0.3 is 5.97 Å². The molecule has 21 heavy (non-hydrogen) atoms. The van der Waals surface area contributed by atoms with Crippen LogP contribution in [0, 0.1) is 0 Å². The van der Waals surface area contributed by atoms with Crippen LogP contribution >= 0.6 is 0 Å². The van der Waals surface area contributed by atoms with E-state index in [1.165, 1.54) is 0 Å². The van der Waals surface area contributed by atoms with Gasteiger partial charge in [0.1, 0.15) is 5.75 Å². The van der Waals surface area contributed by atoms with Crippen molar-refractivity contribution in [2.75, 3.05) is 6.54 Å². The van der Waals surface area contributed by atoms with Gasteiger partial charge in [-0.2, -0.15) is 0 Å². The standard InChI is InChI=1S/C17H19NO3/c19-15-10-8-14(9-11-15)17(13-5-2-1-3-6-13)18-12-4-7-16(20)21/h1-3,5-6,8-11,17-19H,4,7,12H2,(H,20,21). The molecule has 4 nitrogen and oxygen atoms in total. The molecule has 0 fully saturated rings. The van der Waals surface area contributed by atoms with Crippen molar-refractivity contribution < 1.29 is 15.0 Å². The molecule has 0 bridgehead atoms. The molecule has 0 spiro atoms. The van der Waals surface area contributed by atoms with Crippen LogP contribution < -0.4 is 5.32 Å². The average molecular weight is 285 g/mol. The van der Waals surface area contributed by atoms with Crippen molar-refractivity contribution in [2.24, 2.45) is 0 Å². The highest BCUT2D eigenvalue weighted by molar-refractivity contribution is 5.66.